The number of para-hydroxylation sites is 4. The second kappa shape index (κ2) is 10.3. The van der Waals surface area contributed by atoms with Crippen LogP contribution in [0.4, 0.5) is 0 Å². The molecule has 11 rings (SSSR count). The molecule has 0 amide bonds. The summed E-state index contributed by atoms with van der Waals surface area (Å²) in [5.74, 6) is 1.12. The van der Waals surface area contributed by atoms with E-state index in [1.54, 1.807) is 0 Å². The van der Waals surface area contributed by atoms with Crippen LogP contribution in [0.5, 0.6) is 0 Å². The molecule has 0 saturated carbocycles. The van der Waals surface area contributed by atoms with Gasteiger partial charge in [0.1, 0.15) is 11.0 Å². The molecule has 7 aromatic carbocycles. The van der Waals surface area contributed by atoms with Gasteiger partial charge in [0.25, 0.3) is 0 Å². The van der Waals surface area contributed by atoms with E-state index in [2.05, 4.69) is 155 Å². The van der Waals surface area contributed by atoms with Gasteiger partial charge in [-0.2, -0.15) is 0 Å². The lowest BCUT2D eigenvalue weighted by Gasteiger charge is -2.08. The summed E-state index contributed by atoms with van der Waals surface area (Å²) < 4.78 is 17.1. The Bertz CT molecular complexity index is 2720. The van der Waals surface area contributed by atoms with E-state index in [0.29, 0.717) is 22.9 Å². The van der Waals surface area contributed by atoms with E-state index in [0.717, 1.165) is 33.5 Å². The van der Waals surface area contributed by atoms with Crippen LogP contribution >= 0.6 is 0 Å². The number of benzene rings is 7. The van der Waals surface area contributed by atoms with E-state index in [1.165, 1.54) is 43.6 Å². The number of hydrogen-bond donors (Lipinski definition) is 0. The van der Waals surface area contributed by atoms with Gasteiger partial charge in [-0.05, 0) is 72.8 Å². The third-order valence-electron chi connectivity index (χ3n) is 9.80. The number of hydrogen-bond acceptors (Lipinski definition) is 4. The van der Waals surface area contributed by atoms with Crippen LogP contribution in [-0.2, 0) is 0 Å². The fraction of sp³-hybridized carbons (Fsp3) is 0. The molecule has 234 valence electrons. The highest BCUT2D eigenvalue weighted by atomic mass is 16.4. The van der Waals surface area contributed by atoms with Gasteiger partial charge < -0.3 is 18.0 Å². The monoisotopic (exact) mass is 642 g/mol. The van der Waals surface area contributed by atoms with Gasteiger partial charge in [0.2, 0.25) is 11.8 Å². The Hall–Kier alpha value is -6.92. The zero-order chi connectivity index (χ0) is 32.8. The second-order valence-corrected chi connectivity index (χ2v) is 12.7. The maximum absolute atomic E-state index is 6.27. The Morgan fingerprint density at radius 2 is 0.680 bits per heavy atom. The molecule has 0 fully saturated rings. The molecule has 0 aliphatic rings. The SMILES string of the molecule is c1ccc2c(c1)c1ccccc1n2-c1ccc(-c2nc3cc4oc(-c5ccc(-n6c7ccccc7c7ccccc76)cc5)nc4cc3o2)cc1. The van der Waals surface area contributed by atoms with E-state index in [9.17, 15) is 0 Å². The number of nitrogens with zero attached hydrogens (tertiary/aromatic N) is 4. The fourth-order valence-corrected chi connectivity index (χ4v) is 7.50. The van der Waals surface area contributed by atoms with Crippen LogP contribution in [0.1, 0.15) is 0 Å². The molecule has 0 atom stereocenters. The summed E-state index contributed by atoms with van der Waals surface area (Å²) in [6.45, 7) is 0. The topological polar surface area (TPSA) is 61.9 Å². The quantitative estimate of drug-likeness (QED) is 0.192. The summed E-state index contributed by atoms with van der Waals surface area (Å²) in [6.07, 6.45) is 0. The highest BCUT2D eigenvalue weighted by Gasteiger charge is 2.17. The maximum atomic E-state index is 6.27. The van der Waals surface area contributed by atoms with E-state index in [1.807, 2.05) is 12.1 Å². The molecule has 4 heterocycles. The number of oxazole rings is 2. The number of aromatic nitrogens is 4. The Balaban J connectivity index is 0.915. The van der Waals surface area contributed by atoms with Crippen LogP contribution in [0.15, 0.2) is 167 Å². The third-order valence-corrected chi connectivity index (χ3v) is 9.80. The van der Waals surface area contributed by atoms with Crippen LogP contribution in [0, 0.1) is 0 Å². The lowest BCUT2D eigenvalue weighted by atomic mass is 10.2. The molecule has 0 unspecified atom stereocenters. The molecule has 4 aromatic heterocycles. The highest BCUT2D eigenvalue weighted by Crippen LogP contribution is 2.36. The molecule has 11 aromatic rings. The summed E-state index contributed by atoms with van der Waals surface area (Å²) >= 11 is 0. The predicted molar refractivity (Wildman–Crippen MR) is 201 cm³/mol. The first-order valence-electron chi connectivity index (χ1n) is 16.7. The first-order chi connectivity index (χ1) is 24.8. The molecular weight excluding hydrogens is 617 g/mol. The van der Waals surface area contributed by atoms with Gasteiger partial charge >= 0.3 is 0 Å². The molecule has 0 saturated heterocycles. The van der Waals surface area contributed by atoms with Crippen molar-refractivity contribution in [1.82, 2.24) is 19.1 Å². The minimum atomic E-state index is 0.558. The van der Waals surface area contributed by atoms with Gasteiger partial charge in [0, 0.05) is 56.2 Å². The number of rotatable bonds is 4. The van der Waals surface area contributed by atoms with Crippen molar-refractivity contribution in [1.29, 1.82) is 0 Å². The zero-order valence-corrected chi connectivity index (χ0v) is 26.6. The molecule has 0 radical (unpaired) electrons. The molecule has 0 spiro atoms. The normalized spacial score (nSPS) is 12.0. The first-order valence-corrected chi connectivity index (χ1v) is 16.7. The standard InChI is InChI=1S/C44H26N4O2/c1-5-13-37-31(9-1)32-10-2-6-14-38(32)47(37)29-21-17-27(18-22-29)43-45-35-25-42-36(26-41(35)49-43)46-44(50-42)28-19-23-30(24-20-28)48-39-15-7-3-11-33(39)34-12-4-8-16-40(34)48/h1-26H. The smallest absolute Gasteiger partial charge is 0.227 e. The molecule has 0 aliphatic carbocycles. The van der Waals surface area contributed by atoms with Crippen molar-refractivity contribution in [2.24, 2.45) is 0 Å². The van der Waals surface area contributed by atoms with Gasteiger partial charge in [-0.3, -0.25) is 0 Å². The minimum absolute atomic E-state index is 0.558. The van der Waals surface area contributed by atoms with Crippen LogP contribution in [-0.4, -0.2) is 19.1 Å². The Kier molecular flexibility index (Phi) is 5.57. The van der Waals surface area contributed by atoms with Crippen molar-refractivity contribution >= 4 is 65.8 Å². The Morgan fingerprint density at radius 3 is 1.02 bits per heavy atom. The first kappa shape index (κ1) is 27.1. The van der Waals surface area contributed by atoms with Crippen LogP contribution in [0.3, 0.4) is 0 Å². The van der Waals surface area contributed by atoms with Gasteiger partial charge in [-0.15, -0.1) is 0 Å². The van der Waals surface area contributed by atoms with Crippen molar-refractivity contribution < 1.29 is 8.83 Å². The Labute approximate surface area is 285 Å². The zero-order valence-electron chi connectivity index (χ0n) is 26.6. The van der Waals surface area contributed by atoms with Crippen molar-refractivity contribution in [2.75, 3.05) is 0 Å². The maximum Gasteiger partial charge on any atom is 0.227 e. The van der Waals surface area contributed by atoms with E-state index >= 15 is 0 Å². The molecule has 50 heavy (non-hydrogen) atoms. The molecule has 6 heteroatoms. The second-order valence-electron chi connectivity index (χ2n) is 12.7. The van der Waals surface area contributed by atoms with Crippen molar-refractivity contribution in [3.8, 4) is 34.3 Å². The van der Waals surface area contributed by atoms with Crippen molar-refractivity contribution in [3.05, 3.63) is 158 Å². The lowest BCUT2D eigenvalue weighted by molar-refractivity contribution is 0.618. The average Bonchev–Trinajstić information content (AvgIpc) is 3.94. The molecule has 6 nitrogen and oxygen atoms in total. The van der Waals surface area contributed by atoms with E-state index in [4.69, 9.17) is 18.8 Å². The van der Waals surface area contributed by atoms with Gasteiger partial charge in [0.15, 0.2) is 11.2 Å². The largest absolute Gasteiger partial charge is 0.436 e. The van der Waals surface area contributed by atoms with Crippen LogP contribution in [0.25, 0.3) is 100 Å². The van der Waals surface area contributed by atoms with Crippen LogP contribution in [0.2, 0.25) is 0 Å². The summed E-state index contributed by atoms with van der Waals surface area (Å²) in [7, 11) is 0. The van der Waals surface area contributed by atoms with Gasteiger partial charge in [-0.1, -0.05) is 72.8 Å². The highest BCUT2D eigenvalue weighted by molar-refractivity contribution is 6.10. The summed E-state index contributed by atoms with van der Waals surface area (Å²) in [5, 5.41) is 4.96. The van der Waals surface area contributed by atoms with Crippen molar-refractivity contribution in [2.45, 2.75) is 0 Å². The molecule has 0 bridgehead atoms. The predicted octanol–water partition coefficient (Wildman–Crippen LogP) is 11.5. The fourth-order valence-electron chi connectivity index (χ4n) is 7.50. The lowest BCUT2D eigenvalue weighted by Crippen LogP contribution is -1.93. The molecular formula is C44H26N4O2. The summed E-state index contributed by atoms with van der Waals surface area (Å²) in [4.78, 5) is 9.67. The average molecular weight is 643 g/mol. The Morgan fingerprint density at radius 1 is 0.360 bits per heavy atom. The van der Waals surface area contributed by atoms with Gasteiger partial charge in [-0.25, -0.2) is 9.97 Å². The van der Waals surface area contributed by atoms with Crippen molar-refractivity contribution in [3.63, 3.8) is 0 Å². The summed E-state index contributed by atoms with van der Waals surface area (Å²) in [5.41, 5.74) is 11.5. The van der Waals surface area contributed by atoms with Crippen LogP contribution < -0.4 is 0 Å². The van der Waals surface area contributed by atoms with E-state index < -0.39 is 0 Å². The van der Waals surface area contributed by atoms with E-state index in [-0.39, 0.29) is 0 Å². The minimum Gasteiger partial charge on any atom is -0.436 e. The third kappa shape index (κ3) is 3.96. The number of fused-ring (bicyclic) bond motifs is 8. The van der Waals surface area contributed by atoms with Gasteiger partial charge in [0.05, 0.1) is 22.1 Å². The molecule has 0 N–H and O–H groups in total. The summed E-state index contributed by atoms with van der Waals surface area (Å²) in [6, 6.07) is 54.6. The molecule has 0 aliphatic heterocycles.